The number of hydrogen-bond acceptors (Lipinski definition) is 3. The topological polar surface area (TPSA) is 43.4 Å². The Bertz CT molecular complexity index is 396. The molecule has 0 saturated carbocycles. The zero-order valence-electron chi connectivity index (χ0n) is 15.9. The summed E-state index contributed by atoms with van der Waals surface area (Å²) in [4.78, 5) is 23.4. The number of ether oxygens (including phenoxy) is 1. The second kappa shape index (κ2) is 15.2. The summed E-state index contributed by atoms with van der Waals surface area (Å²) in [7, 11) is 0. The number of carbonyl (C=O) groups excluding carboxylic acids is 2. The van der Waals surface area contributed by atoms with E-state index in [1.165, 1.54) is 25.7 Å². The van der Waals surface area contributed by atoms with Crippen LogP contribution in [-0.2, 0) is 14.3 Å². The first-order valence-corrected chi connectivity index (χ1v) is 9.45. The summed E-state index contributed by atoms with van der Waals surface area (Å²) in [6.07, 6.45) is 13.3. The van der Waals surface area contributed by atoms with Crippen LogP contribution in [0.3, 0.4) is 0 Å². The molecule has 0 aromatic carbocycles. The van der Waals surface area contributed by atoms with E-state index in [9.17, 15) is 9.59 Å². The maximum Gasteiger partial charge on any atom is 0.313 e. The zero-order chi connectivity index (χ0) is 18.2. The molecule has 0 spiro atoms. The van der Waals surface area contributed by atoms with Crippen molar-refractivity contribution in [2.75, 3.05) is 6.61 Å². The molecule has 0 rings (SSSR count). The molecule has 138 valence electrons. The van der Waals surface area contributed by atoms with Gasteiger partial charge in [-0.05, 0) is 37.7 Å². The van der Waals surface area contributed by atoms with Crippen LogP contribution in [0.2, 0.25) is 0 Å². The average molecular weight is 337 g/mol. The van der Waals surface area contributed by atoms with Gasteiger partial charge in [-0.1, -0.05) is 58.1 Å². The first-order valence-electron chi connectivity index (χ1n) is 9.45. The molecule has 0 bridgehead atoms. The summed E-state index contributed by atoms with van der Waals surface area (Å²) in [6, 6.07) is 0. The average Bonchev–Trinajstić information content (AvgIpc) is 2.55. The van der Waals surface area contributed by atoms with Gasteiger partial charge in [-0.15, -0.1) is 6.58 Å². The van der Waals surface area contributed by atoms with Crippen LogP contribution in [0, 0.1) is 5.92 Å². The molecule has 24 heavy (non-hydrogen) atoms. The van der Waals surface area contributed by atoms with E-state index in [1.54, 1.807) is 0 Å². The smallest absolute Gasteiger partial charge is 0.313 e. The van der Waals surface area contributed by atoms with E-state index in [-0.39, 0.29) is 18.8 Å². The molecule has 0 radical (unpaired) electrons. The van der Waals surface area contributed by atoms with Crippen molar-refractivity contribution in [2.45, 2.75) is 85.0 Å². The van der Waals surface area contributed by atoms with Crippen molar-refractivity contribution < 1.29 is 14.3 Å². The summed E-state index contributed by atoms with van der Waals surface area (Å²) in [6.45, 7) is 10.3. The largest absolute Gasteiger partial charge is 0.461 e. The zero-order valence-corrected chi connectivity index (χ0v) is 15.9. The Morgan fingerprint density at radius 1 is 1.12 bits per heavy atom. The van der Waals surface area contributed by atoms with E-state index in [0.717, 1.165) is 31.3 Å². The predicted octanol–water partition coefficient (Wildman–Crippen LogP) is 5.79. The SMILES string of the molecule is C=CC(C)CCC=C(C)COC(=O)CC(=O)CCCCCCCC. The van der Waals surface area contributed by atoms with E-state index >= 15 is 0 Å². The lowest BCUT2D eigenvalue weighted by molar-refractivity contribution is -0.145. The maximum absolute atomic E-state index is 11.7. The molecule has 0 aromatic heterocycles. The third-order valence-electron chi connectivity index (χ3n) is 4.13. The van der Waals surface area contributed by atoms with Crippen LogP contribution in [0.25, 0.3) is 0 Å². The van der Waals surface area contributed by atoms with Crippen molar-refractivity contribution in [3.8, 4) is 0 Å². The van der Waals surface area contributed by atoms with Crippen LogP contribution in [0.5, 0.6) is 0 Å². The third kappa shape index (κ3) is 14.2. The van der Waals surface area contributed by atoms with Crippen molar-refractivity contribution in [3.05, 3.63) is 24.3 Å². The van der Waals surface area contributed by atoms with Gasteiger partial charge in [0.25, 0.3) is 0 Å². The molecule has 1 atom stereocenters. The fourth-order valence-corrected chi connectivity index (χ4v) is 2.37. The standard InChI is InChI=1S/C21H36O3/c1-5-7-8-9-10-11-15-20(22)16-21(23)24-17-19(4)14-12-13-18(3)6-2/h6,14,18H,2,5,7-13,15-17H2,1,3-4H3. The number of esters is 1. The quantitative estimate of drug-likeness (QED) is 0.164. The molecule has 3 heteroatoms. The molecule has 0 heterocycles. The van der Waals surface area contributed by atoms with Crippen molar-refractivity contribution in [1.29, 1.82) is 0 Å². The highest BCUT2D eigenvalue weighted by atomic mass is 16.5. The highest BCUT2D eigenvalue weighted by molar-refractivity contribution is 5.95. The van der Waals surface area contributed by atoms with Gasteiger partial charge in [-0.3, -0.25) is 9.59 Å². The van der Waals surface area contributed by atoms with E-state index < -0.39 is 5.97 Å². The van der Waals surface area contributed by atoms with Crippen LogP contribution < -0.4 is 0 Å². The molecule has 1 unspecified atom stereocenters. The highest BCUT2D eigenvalue weighted by Gasteiger charge is 2.10. The van der Waals surface area contributed by atoms with E-state index in [1.807, 2.05) is 13.0 Å². The Kier molecular flexibility index (Phi) is 14.3. The Hall–Kier alpha value is -1.38. The minimum Gasteiger partial charge on any atom is -0.461 e. The van der Waals surface area contributed by atoms with Crippen LogP contribution >= 0.6 is 0 Å². The molecule has 0 aliphatic heterocycles. The molecule has 0 aromatic rings. The van der Waals surface area contributed by atoms with Crippen molar-refractivity contribution in [1.82, 2.24) is 0 Å². The summed E-state index contributed by atoms with van der Waals surface area (Å²) in [5.74, 6) is 0.0892. The van der Waals surface area contributed by atoms with Gasteiger partial charge < -0.3 is 4.74 Å². The lowest BCUT2D eigenvalue weighted by Crippen LogP contribution is -2.12. The molecule has 0 saturated heterocycles. The van der Waals surface area contributed by atoms with Crippen LogP contribution in [0.1, 0.15) is 85.0 Å². The Balaban J connectivity index is 3.74. The van der Waals surface area contributed by atoms with Gasteiger partial charge in [-0.25, -0.2) is 0 Å². The number of ketones is 1. The van der Waals surface area contributed by atoms with Crippen molar-refractivity contribution in [3.63, 3.8) is 0 Å². The molecular weight excluding hydrogens is 300 g/mol. The van der Waals surface area contributed by atoms with Gasteiger partial charge in [0.2, 0.25) is 0 Å². The molecule has 0 aliphatic rings. The second-order valence-corrected chi connectivity index (χ2v) is 6.73. The molecule has 0 amide bonds. The van der Waals surface area contributed by atoms with E-state index in [2.05, 4.69) is 26.5 Å². The summed E-state index contributed by atoms with van der Waals surface area (Å²) < 4.78 is 5.17. The fourth-order valence-electron chi connectivity index (χ4n) is 2.37. The second-order valence-electron chi connectivity index (χ2n) is 6.73. The Morgan fingerprint density at radius 2 is 1.79 bits per heavy atom. The van der Waals surface area contributed by atoms with Gasteiger partial charge in [0.15, 0.2) is 0 Å². The Morgan fingerprint density at radius 3 is 2.46 bits per heavy atom. The van der Waals surface area contributed by atoms with Crippen LogP contribution in [0.15, 0.2) is 24.3 Å². The fraction of sp³-hybridized carbons (Fsp3) is 0.714. The minimum atomic E-state index is -0.404. The van der Waals surface area contributed by atoms with Crippen LogP contribution in [-0.4, -0.2) is 18.4 Å². The van der Waals surface area contributed by atoms with Gasteiger partial charge >= 0.3 is 5.97 Å². The lowest BCUT2D eigenvalue weighted by atomic mass is 10.1. The highest BCUT2D eigenvalue weighted by Crippen LogP contribution is 2.10. The molecular formula is C21H36O3. The Labute approximate surface area is 148 Å². The van der Waals surface area contributed by atoms with Gasteiger partial charge in [0, 0.05) is 6.42 Å². The summed E-state index contributed by atoms with van der Waals surface area (Å²) in [5, 5.41) is 0. The third-order valence-corrected chi connectivity index (χ3v) is 4.13. The van der Waals surface area contributed by atoms with Gasteiger partial charge in [-0.2, -0.15) is 0 Å². The number of rotatable bonds is 15. The summed E-state index contributed by atoms with van der Waals surface area (Å²) >= 11 is 0. The van der Waals surface area contributed by atoms with Crippen molar-refractivity contribution in [2.24, 2.45) is 5.92 Å². The molecule has 0 N–H and O–H groups in total. The predicted molar refractivity (Wildman–Crippen MR) is 101 cm³/mol. The number of unbranched alkanes of at least 4 members (excludes halogenated alkanes) is 5. The van der Waals surface area contributed by atoms with Gasteiger partial charge in [0.05, 0.1) is 0 Å². The van der Waals surface area contributed by atoms with Crippen molar-refractivity contribution >= 4 is 11.8 Å². The molecule has 0 aliphatic carbocycles. The number of Topliss-reactive ketones (excluding diaryl/α,β-unsaturated/α-hetero) is 1. The number of allylic oxidation sites excluding steroid dienone is 2. The van der Waals surface area contributed by atoms with Crippen LogP contribution in [0.4, 0.5) is 0 Å². The first kappa shape index (κ1) is 22.6. The van der Waals surface area contributed by atoms with E-state index in [0.29, 0.717) is 12.3 Å². The minimum absolute atomic E-state index is 0.00284. The number of hydrogen-bond donors (Lipinski definition) is 0. The monoisotopic (exact) mass is 336 g/mol. The van der Waals surface area contributed by atoms with Gasteiger partial charge in [0.1, 0.15) is 18.8 Å². The molecule has 0 fully saturated rings. The van der Waals surface area contributed by atoms with E-state index in [4.69, 9.17) is 4.74 Å². The number of carbonyl (C=O) groups is 2. The summed E-state index contributed by atoms with van der Waals surface area (Å²) in [5.41, 5.74) is 1.03. The first-order chi connectivity index (χ1) is 11.5. The lowest BCUT2D eigenvalue weighted by Gasteiger charge is -2.06. The maximum atomic E-state index is 11.7. The molecule has 3 nitrogen and oxygen atoms in total. The normalized spacial score (nSPS) is 12.7.